The van der Waals surface area contributed by atoms with Crippen LogP contribution in [0.1, 0.15) is 31.2 Å². The van der Waals surface area contributed by atoms with Crippen molar-refractivity contribution in [1.82, 2.24) is 20.5 Å². The predicted molar refractivity (Wildman–Crippen MR) is 91.6 cm³/mol. The van der Waals surface area contributed by atoms with E-state index in [4.69, 9.17) is 4.52 Å². The number of nitrogens with zero attached hydrogens (tertiary/aromatic N) is 1. The number of nitrogens with one attached hydrogen (secondary N) is 3. The van der Waals surface area contributed by atoms with Crippen LogP contribution in [0.5, 0.6) is 0 Å². The first-order valence-corrected chi connectivity index (χ1v) is 9.23. The van der Waals surface area contributed by atoms with Crippen LogP contribution in [0.3, 0.4) is 0 Å². The first kappa shape index (κ1) is 20.9. The molecule has 1 aromatic rings. The van der Waals surface area contributed by atoms with Gasteiger partial charge in [0.05, 0.1) is 6.04 Å². The Labute approximate surface area is 148 Å². The molecule has 3 N–H and O–H groups in total. The van der Waals surface area contributed by atoms with E-state index in [-0.39, 0.29) is 34.7 Å². The molecule has 2 unspecified atom stereocenters. The average molecular weight is 381 g/mol. The van der Waals surface area contributed by atoms with Crippen LogP contribution in [-0.2, 0) is 14.8 Å². The fourth-order valence-electron chi connectivity index (χ4n) is 2.72. The fourth-order valence-corrected chi connectivity index (χ4v) is 4.25. The second-order valence-corrected chi connectivity index (χ2v) is 7.59. The average Bonchev–Trinajstić information content (AvgIpc) is 3.08. The monoisotopic (exact) mass is 380 g/mol. The lowest BCUT2D eigenvalue weighted by Crippen LogP contribution is -2.45. The molecule has 1 amide bonds. The zero-order valence-electron chi connectivity index (χ0n) is 14.1. The number of carbonyl (C=O) groups is 1. The third-order valence-corrected chi connectivity index (χ3v) is 5.76. The van der Waals surface area contributed by atoms with Crippen LogP contribution in [-0.4, -0.2) is 45.2 Å². The third-order valence-electron chi connectivity index (χ3n) is 3.98. The molecule has 0 aromatic carbocycles. The van der Waals surface area contributed by atoms with E-state index in [0.29, 0.717) is 12.5 Å². The molecular formula is C14H25ClN4O4S. The summed E-state index contributed by atoms with van der Waals surface area (Å²) in [6, 6.07) is -0.865. The lowest BCUT2D eigenvalue weighted by Gasteiger charge is -2.15. The number of amides is 1. The van der Waals surface area contributed by atoms with Crippen LogP contribution in [0, 0.1) is 19.8 Å². The SMILES string of the molecule is Cc1noc(C)c1S(=O)(=O)NC(C)C(=O)NCCC1CCNC1.Cl. The van der Waals surface area contributed by atoms with E-state index in [2.05, 4.69) is 20.5 Å². The molecule has 10 heteroatoms. The van der Waals surface area contributed by atoms with Gasteiger partial charge in [-0.2, -0.15) is 4.72 Å². The predicted octanol–water partition coefficient (Wildman–Crippen LogP) is 0.496. The van der Waals surface area contributed by atoms with Crippen LogP contribution in [0.15, 0.2) is 9.42 Å². The summed E-state index contributed by atoms with van der Waals surface area (Å²) in [5.74, 6) is 0.437. The molecule has 1 aromatic heterocycles. The Morgan fingerprint density at radius 1 is 1.46 bits per heavy atom. The van der Waals surface area contributed by atoms with Gasteiger partial charge in [0.2, 0.25) is 15.9 Å². The summed E-state index contributed by atoms with van der Waals surface area (Å²) in [4.78, 5) is 12.0. The largest absolute Gasteiger partial charge is 0.360 e. The summed E-state index contributed by atoms with van der Waals surface area (Å²) >= 11 is 0. The lowest BCUT2D eigenvalue weighted by molar-refractivity contribution is -0.122. The second-order valence-electron chi connectivity index (χ2n) is 5.93. The van der Waals surface area contributed by atoms with Gasteiger partial charge in [0.25, 0.3) is 0 Å². The second kappa shape index (κ2) is 8.80. The molecule has 2 atom stereocenters. The lowest BCUT2D eigenvalue weighted by atomic mass is 10.1. The molecule has 0 radical (unpaired) electrons. The van der Waals surface area contributed by atoms with Crippen molar-refractivity contribution < 1.29 is 17.7 Å². The van der Waals surface area contributed by atoms with Gasteiger partial charge in [-0.25, -0.2) is 8.42 Å². The Hall–Kier alpha value is -1.16. The maximum atomic E-state index is 12.3. The van der Waals surface area contributed by atoms with E-state index in [0.717, 1.165) is 25.9 Å². The van der Waals surface area contributed by atoms with Crippen molar-refractivity contribution in [2.75, 3.05) is 19.6 Å². The van der Waals surface area contributed by atoms with Gasteiger partial charge in [0, 0.05) is 6.54 Å². The number of aromatic nitrogens is 1. The number of rotatable bonds is 7. The van der Waals surface area contributed by atoms with Gasteiger partial charge in [-0.05, 0) is 52.6 Å². The van der Waals surface area contributed by atoms with Crippen molar-refractivity contribution in [3.63, 3.8) is 0 Å². The van der Waals surface area contributed by atoms with Gasteiger partial charge in [-0.3, -0.25) is 4.79 Å². The van der Waals surface area contributed by atoms with Crippen molar-refractivity contribution in [2.24, 2.45) is 5.92 Å². The molecule has 8 nitrogen and oxygen atoms in total. The van der Waals surface area contributed by atoms with Gasteiger partial charge in [-0.1, -0.05) is 5.16 Å². The molecule has 24 heavy (non-hydrogen) atoms. The number of carbonyl (C=O) groups excluding carboxylic acids is 1. The highest BCUT2D eigenvalue weighted by molar-refractivity contribution is 7.89. The van der Waals surface area contributed by atoms with Gasteiger partial charge in [0.15, 0.2) is 5.76 Å². The molecule has 138 valence electrons. The highest BCUT2D eigenvalue weighted by Crippen LogP contribution is 2.18. The third kappa shape index (κ3) is 5.17. The molecule has 1 aliphatic rings. The summed E-state index contributed by atoms with van der Waals surface area (Å²) in [5.41, 5.74) is 0.274. The number of aryl methyl sites for hydroxylation is 2. The van der Waals surface area contributed by atoms with Crippen molar-refractivity contribution >= 4 is 28.3 Å². The maximum Gasteiger partial charge on any atom is 0.246 e. The van der Waals surface area contributed by atoms with Gasteiger partial charge >= 0.3 is 0 Å². The normalized spacial score (nSPS) is 18.9. The van der Waals surface area contributed by atoms with Crippen LogP contribution < -0.4 is 15.4 Å². The summed E-state index contributed by atoms with van der Waals surface area (Å²) in [6.07, 6.45) is 2.01. The van der Waals surface area contributed by atoms with E-state index >= 15 is 0 Å². The van der Waals surface area contributed by atoms with E-state index in [9.17, 15) is 13.2 Å². The zero-order chi connectivity index (χ0) is 17.0. The topological polar surface area (TPSA) is 113 Å². The Morgan fingerprint density at radius 2 is 2.17 bits per heavy atom. The number of hydrogen-bond donors (Lipinski definition) is 3. The van der Waals surface area contributed by atoms with Crippen LogP contribution >= 0.6 is 12.4 Å². The van der Waals surface area contributed by atoms with Crippen molar-refractivity contribution in [3.05, 3.63) is 11.5 Å². The molecule has 0 spiro atoms. The fraction of sp³-hybridized carbons (Fsp3) is 0.714. The van der Waals surface area contributed by atoms with Gasteiger partial charge in [-0.15, -0.1) is 12.4 Å². The van der Waals surface area contributed by atoms with Crippen molar-refractivity contribution in [3.8, 4) is 0 Å². The molecule has 1 aliphatic heterocycles. The summed E-state index contributed by atoms with van der Waals surface area (Å²) in [7, 11) is -3.84. The summed E-state index contributed by atoms with van der Waals surface area (Å²) in [6.45, 7) is 7.13. The molecular weight excluding hydrogens is 356 g/mol. The van der Waals surface area contributed by atoms with Crippen LogP contribution in [0.2, 0.25) is 0 Å². The quantitative estimate of drug-likeness (QED) is 0.634. The molecule has 2 heterocycles. The first-order chi connectivity index (χ1) is 10.8. The summed E-state index contributed by atoms with van der Waals surface area (Å²) < 4.78 is 31.9. The highest BCUT2D eigenvalue weighted by atomic mass is 35.5. The Morgan fingerprint density at radius 3 is 2.71 bits per heavy atom. The Balaban J connectivity index is 0.00000288. The van der Waals surface area contributed by atoms with E-state index in [1.807, 2.05) is 0 Å². The maximum absolute atomic E-state index is 12.3. The molecule has 0 bridgehead atoms. The molecule has 1 fully saturated rings. The molecule has 0 saturated carbocycles. The van der Waals surface area contributed by atoms with Crippen LogP contribution in [0.4, 0.5) is 0 Å². The molecule has 2 rings (SSSR count). The minimum absolute atomic E-state index is 0. The van der Waals surface area contributed by atoms with Gasteiger partial charge in [0.1, 0.15) is 10.6 Å². The van der Waals surface area contributed by atoms with Crippen LogP contribution in [0.25, 0.3) is 0 Å². The zero-order valence-corrected chi connectivity index (χ0v) is 15.7. The van der Waals surface area contributed by atoms with Crippen molar-refractivity contribution in [2.45, 2.75) is 44.6 Å². The minimum atomic E-state index is -3.84. The smallest absolute Gasteiger partial charge is 0.246 e. The number of halogens is 1. The summed E-state index contributed by atoms with van der Waals surface area (Å²) in [5, 5.41) is 9.67. The number of hydrogen-bond acceptors (Lipinski definition) is 6. The van der Waals surface area contributed by atoms with Crippen molar-refractivity contribution in [1.29, 1.82) is 0 Å². The van der Waals surface area contributed by atoms with E-state index in [1.165, 1.54) is 13.8 Å². The Kier molecular flexibility index (Phi) is 7.65. The highest BCUT2D eigenvalue weighted by Gasteiger charge is 2.28. The minimum Gasteiger partial charge on any atom is -0.360 e. The number of sulfonamides is 1. The Bertz CT molecular complexity index is 636. The van der Waals surface area contributed by atoms with E-state index in [1.54, 1.807) is 6.92 Å². The van der Waals surface area contributed by atoms with E-state index < -0.39 is 16.1 Å². The first-order valence-electron chi connectivity index (χ1n) is 7.75. The standard InChI is InChI=1S/C14H24N4O4S.ClH/c1-9-13(11(3)22-17-9)23(20,21)18-10(2)14(19)16-7-5-12-4-6-15-8-12;/h10,12,15,18H,4-8H2,1-3H3,(H,16,19);1H. The molecule has 1 saturated heterocycles. The molecule has 0 aliphatic carbocycles. The van der Waals surface area contributed by atoms with Gasteiger partial charge < -0.3 is 15.2 Å².